The number of hydrogen-bond donors (Lipinski definition) is 2. The van der Waals surface area contributed by atoms with Crippen molar-refractivity contribution in [1.82, 2.24) is 0 Å². The van der Waals surface area contributed by atoms with Crippen molar-refractivity contribution in [3.8, 4) is 0 Å². The van der Waals surface area contributed by atoms with E-state index in [2.05, 4.69) is 6.92 Å². The Balaban J connectivity index is 2.38. The Kier molecular flexibility index (Phi) is 2.69. The van der Waals surface area contributed by atoms with Gasteiger partial charge in [0.15, 0.2) is 0 Å². The van der Waals surface area contributed by atoms with Crippen LogP contribution in [0.2, 0.25) is 0 Å². The van der Waals surface area contributed by atoms with E-state index in [0.29, 0.717) is 12.0 Å². The molecule has 1 rings (SSSR count). The third-order valence-corrected chi connectivity index (χ3v) is 2.71. The monoisotopic (exact) mass is 142 g/mol. The zero-order chi connectivity index (χ0) is 7.56. The molecule has 2 heteroatoms. The summed E-state index contributed by atoms with van der Waals surface area (Å²) in [6, 6.07) is 0.421. The first-order valence-corrected chi connectivity index (χ1v) is 4.19. The van der Waals surface area contributed by atoms with Crippen molar-refractivity contribution in [2.75, 3.05) is 6.54 Å². The van der Waals surface area contributed by atoms with Gasteiger partial charge in [0, 0.05) is 6.04 Å². The van der Waals surface area contributed by atoms with Gasteiger partial charge in [-0.1, -0.05) is 6.92 Å². The highest BCUT2D eigenvalue weighted by atomic mass is 14.7. The number of hydrogen-bond acceptors (Lipinski definition) is 2. The molecule has 0 radical (unpaired) electrons. The zero-order valence-electron chi connectivity index (χ0n) is 6.72. The molecule has 0 spiro atoms. The Hall–Kier alpha value is -0.0800. The van der Waals surface area contributed by atoms with Crippen molar-refractivity contribution < 1.29 is 0 Å². The average molecular weight is 142 g/mol. The Bertz CT molecular complexity index is 103. The van der Waals surface area contributed by atoms with E-state index in [4.69, 9.17) is 11.5 Å². The molecule has 0 bridgehead atoms. The van der Waals surface area contributed by atoms with Crippen LogP contribution in [0.3, 0.4) is 0 Å². The van der Waals surface area contributed by atoms with Crippen molar-refractivity contribution in [3.05, 3.63) is 0 Å². The van der Waals surface area contributed by atoms with E-state index in [0.717, 1.165) is 18.9 Å². The summed E-state index contributed by atoms with van der Waals surface area (Å²) in [5, 5.41) is 0. The first-order chi connectivity index (χ1) is 4.74. The van der Waals surface area contributed by atoms with Gasteiger partial charge in [0.05, 0.1) is 0 Å². The predicted octanol–water partition coefficient (Wildman–Crippen LogP) is 0.709. The lowest BCUT2D eigenvalue weighted by molar-refractivity contribution is 0.239. The molecule has 3 unspecified atom stereocenters. The standard InChI is InChI=1S/C8H18N2/c1-6-2-3-8(10)4-7(6)5-9/h6-8H,2-5,9-10H2,1H3. The third-order valence-electron chi connectivity index (χ3n) is 2.71. The maximum Gasteiger partial charge on any atom is 0.00421 e. The van der Waals surface area contributed by atoms with Crippen LogP contribution in [0, 0.1) is 11.8 Å². The van der Waals surface area contributed by atoms with Crippen LogP contribution in [0.15, 0.2) is 0 Å². The van der Waals surface area contributed by atoms with Crippen molar-refractivity contribution in [2.45, 2.75) is 32.2 Å². The van der Waals surface area contributed by atoms with Gasteiger partial charge >= 0.3 is 0 Å². The molecule has 0 aliphatic heterocycles. The average Bonchev–Trinajstić information content (AvgIpc) is 1.94. The zero-order valence-corrected chi connectivity index (χ0v) is 6.72. The molecule has 0 aromatic rings. The summed E-state index contributed by atoms with van der Waals surface area (Å²) < 4.78 is 0. The number of nitrogens with two attached hydrogens (primary N) is 2. The molecule has 2 nitrogen and oxygen atoms in total. The van der Waals surface area contributed by atoms with Crippen molar-refractivity contribution in [2.24, 2.45) is 23.3 Å². The Labute approximate surface area is 63.0 Å². The molecule has 0 amide bonds. The van der Waals surface area contributed by atoms with Gasteiger partial charge in [-0.15, -0.1) is 0 Å². The van der Waals surface area contributed by atoms with E-state index in [1.165, 1.54) is 12.8 Å². The second-order valence-electron chi connectivity index (χ2n) is 3.55. The molecule has 3 atom stereocenters. The van der Waals surface area contributed by atoms with Crippen LogP contribution >= 0.6 is 0 Å². The lowest BCUT2D eigenvalue weighted by atomic mass is 9.78. The van der Waals surface area contributed by atoms with Crippen LogP contribution in [0.5, 0.6) is 0 Å². The molecule has 0 saturated heterocycles. The maximum atomic E-state index is 5.81. The van der Waals surface area contributed by atoms with Crippen LogP contribution in [0.25, 0.3) is 0 Å². The van der Waals surface area contributed by atoms with Gasteiger partial charge < -0.3 is 11.5 Å². The van der Waals surface area contributed by atoms with Gasteiger partial charge in [-0.3, -0.25) is 0 Å². The van der Waals surface area contributed by atoms with E-state index in [9.17, 15) is 0 Å². The molecule has 10 heavy (non-hydrogen) atoms. The smallest absolute Gasteiger partial charge is 0.00421 e. The lowest BCUT2D eigenvalue weighted by Gasteiger charge is -2.31. The van der Waals surface area contributed by atoms with E-state index in [1.807, 2.05) is 0 Å². The second-order valence-corrected chi connectivity index (χ2v) is 3.55. The highest BCUT2D eigenvalue weighted by Crippen LogP contribution is 2.27. The summed E-state index contributed by atoms with van der Waals surface area (Å²) in [6.45, 7) is 3.10. The summed E-state index contributed by atoms with van der Waals surface area (Å²) in [6.07, 6.45) is 3.60. The molecule has 60 valence electrons. The summed E-state index contributed by atoms with van der Waals surface area (Å²) >= 11 is 0. The first-order valence-electron chi connectivity index (χ1n) is 4.19. The third kappa shape index (κ3) is 1.70. The highest BCUT2D eigenvalue weighted by Gasteiger charge is 2.23. The largest absolute Gasteiger partial charge is 0.330 e. The molecule has 0 aromatic heterocycles. The number of rotatable bonds is 1. The highest BCUT2D eigenvalue weighted by molar-refractivity contribution is 4.79. The van der Waals surface area contributed by atoms with E-state index >= 15 is 0 Å². The first kappa shape index (κ1) is 8.02. The van der Waals surface area contributed by atoms with E-state index < -0.39 is 0 Å². The van der Waals surface area contributed by atoms with Crippen LogP contribution < -0.4 is 11.5 Å². The van der Waals surface area contributed by atoms with Gasteiger partial charge in [0.2, 0.25) is 0 Å². The molecule has 1 aliphatic carbocycles. The molecule has 0 aromatic carbocycles. The molecular weight excluding hydrogens is 124 g/mol. The molecule has 1 aliphatic rings. The molecule has 0 heterocycles. The fourth-order valence-corrected chi connectivity index (χ4v) is 1.78. The fraction of sp³-hybridized carbons (Fsp3) is 1.00. The minimum absolute atomic E-state index is 0.421. The van der Waals surface area contributed by atoms with Gasteiger partial charge in [0.25, 0.3) is 0 Å². The van der Waals surface area contributed by atoms with Gasteiger partial charge in [-0.2, -0.15) is 0 Å². The topological polar surface area (TPSA) is 52.0 Å². The summed E-state index contributed by atoms with van der Waals surface area (Å²) in [7, 11) is 0. The maximum absolute atomic E-state index is 5.81. The fourth-order valence-electron chi connectivity index (χ4n) is 1.78. The quantitative estimate of drug-likeness (QED) is 0.566. The Morgan fingerprint density at radius 1 is 1.40 bits per heavy atom. The minimum atomic E-state index is 0.421. The van der Waals surface area contributed by atoms with Crippen molar-refractivity contribution in [1.29, 1.82) is 0 Å². The summed E-state index contributed by atoms with van der Waals surface area (Å²) in [5.41, 5.74) is 11.4. The van der Waals surface area contributed by atoms with Gasteiger partial charge in [0.1, 0.15) is 0 Å². The molecule has 4 N–H and O–H groups in total. The Morgan fingerprint density at radius 3 is 2.60 bits per heavy atom. The van der Waals surface area contributed by atoms with E-state index in [1.54, 1.807) is 0 Å². The minimum Gasteiger partial charge on any atom is -0.330 e. The van der Waals surface area contributed by atoms with E-state index in [-0.39, 0.29) is 0 Å². The molecular formula is C8H18N2. The van der Waals surface area contributed by atoms with Crippen LogP contribution in [-0.4, -0.2) is 12.6 Å². The normalized spacial score (nSPS) is 41.7. The Morgan fingerprint density at radius 2 is 2.10 bits per heavy atom. The van der Waals surface area contributed by atoms with Crippen LogP contribution in [-0.2, 0) is 0 Å². The van der Waals surface area contributed by atoms with Gasteiger partial charge in [-0.05, 0) is 37.6 Å². The van der Waals surface area contributed by atoms with Crippen LogP contribution in [0.1, 0.15) is 26.2 Å². The lowest BCUT2D eigenvalue weighted by Crippen LogP contribution is -2.35. The predicted molar refractivity (Wildman–Crippen MR) is 43.5 cm³/mol. The van der Waals surface area contributed by atoms with Crippen molar-refractivity contribution >= 4 is 0 Å². The SMILES string of the molecule is CC1CCC(N)CC1CN. The molecule has 1 saturated carbocycles. The molecule has 1 fully saturated rings. The van der Waals surface area contributed by atoms with Gasteiger partial charge in [-0.25, -0.2) is 0 Å². The summed E-state index contributed by atoms with van der Waals surface area (Å²) in [4.78, 5) is 0. The second kappa shape index (κ2) is 3.35. The summed E-state index contributed by atoms with van der Waals surface area (Å²) in [5.74, 6) is 1.48. The van der Waals surface area contributed by atoms with Crippen LogP contribution in [0.4, 0.5) is 0 Å². The van der Waals surface area contributed by atoms with Crippen molar-refractivity contribution in [3.63, 3.8) is 0 Å².